The third kappa shape index (κ3) is 8.79. The van der Waals surface area contributed by atoms with E-state index in [1.165, 1.54) is 0 Å². The lowest BCUT2D eigenvalue weighted by atomic mass is 10.3. The van der Waals surface area contributed by atoms with Gasteiger partial charge in [0.15, 0.2) is 5.96 Å². The number of aliphatic imine (C=N–C) groups is 1. The molecule has 1 aromatic rings. The van der Waals surface area contributed by atoms with E-state index in [2.05, 4.69) is 27.0 Å². The highest BCUT2D eigenvalue weighted by Gasteiger charge is 2.21. The molecule has 0 aromatic carbocycles. The molecule has 27 heavy (non-hydrogen) atoms. The second kappa shape index (κ2) is 12.8. The van der Waals surface area contributed by atoms with Gasteiger partial charge in [0.2, 0.25) is 5.91 Å². The molecule has 1 aliphatic rings. The van der Waals surface area contributed by atoms with Gasteiger partial charge in [-0.15, -0.1) is 30.6 Å². The van der Waals surface area contributed by atoms with Gasteiger partial charge in [-0.1, -0.05) is 6.08 Å². The average Bonchev–Trinajstić information content (AvgIpc) is 3.11. The topological polar surface area (TPSA) is 73.1 Å². The van der Waals surface area contributed by atoms with Gasteiger partial charge in [-0.2, -0.15) is 0 Å². The van der Waals surface area contributed by atoms with Crippen LogP contribution in [-0.2, 0) is 11.2 Å². The number of piperazine rings is 1. The molecular weight excluding hydrogens is 457 g/mol. The Balaban J connectivity index is 0.00000364. The molecule has 0 bridgehead atoms. The van der Waals surface area contributed by atoms with Crippen LogP contribution >= 0.6 is 24.0 Å². The fourth-order valence-electron chi connectivity index (χ4n) is 2.85. The van der Waals surface area contributed by atoms with Crippen LogP contribution in [0.1, 0.15) is 19.6 Å². The highest BCUT2D eigenvalue weighted by atomic mass is 127. The van der Waals surface area contributed by atoms with E-state index in [0.717, 1.165) is 44.3 Å². The van der Waals surface area contributed by atoms with Crippen LogP contribution in [0.2, 0.25) is 0 Å². The number of nitrogens with one attached hydrogen (secondary N) is 2. The van der Waals surface area contributed by atoms with Crippen LogP contribution in [-0.4, -0.2) is 73.5 Å². The van der Waals surface area contributed by atoms with Gasteiger partial charge in [0.05, 0.1) is 12.8 Å². The van der Waals surface area contributed by atoms with E-state index >= 15 is 0 Å². The van der Waals surface area contributed by atoms with Gasteiger partial charge in [-0.3, -0.25) is 14.7 Å². The molecule has 0 unspecified atom stereocenters. The van der Waals surface area contributed by atoms with Gasteiger partial charge >= 0.3 is 0 Å². The van der Waals surface area contributed by atoms with Crippen LogP contribution < -0.4 is 10.6 Å². The molecule has 0 atom stereocenters. The highest BCUT2D eigenvalue weighted by Crippen LogP contribution is 2.04. The number of guanidine groups is 1. The number of rotatable bonds is 8. The predicted molar refractivity (Wildman–Crippen MR) is 120 cm³/mol. The zero-order valence-electron chi connectivity index (χ0n) is 16.3. The molecule has 0 saturated carbocycles. The number of carbonyl (C=O) groups excluding carboxylic acids is 1. The molecule has 0 aliphatic carbocycles. The molecular formula is C19H32IN5O2. The van der Waals surface area contributed by atoms with Crippen molar-refractivity contribution in [2.24, 2.45) is 4.99 Å². The van der Waals surface area contributed by atoms with E-state index in [0.29, 0.717) is 19.6 Å². The number of hydrogen-bond donors (Lipinski definition) is 2. The van der Waals surface area contributed by atoms with Crippen molar-refractivity contribution in [3.63, 3.8) is 0 Å². The molecule has 1 fully saturated rings. The summed E-state index contributed by atoms with van der Waals surface area (Å²) in [5.74, 6) is 1.92. The van der Waals surface area contributed by atoms with Gasteiger partial charge in [0.1, 0.15) is 5.76 Å². The molecule has 8 heteroatoms. The first kappa shape index (κ1) is 23.5. The molecule has 2 N–H and O–H groups in total. The Labute approximate surface area is 179 Å². The number of carbonyl (C=O) groups is 1. The van der Waals surface area contributed by atoms with Crippen LogP contribution in [0.5, 0.6) is 0 Å². The largest absolute Gasteiger partial charge is 0.469 e. The Hall–Kier alpha value is -1.55. The Morgan fingerprint density at radius 2 is 2.11 bits per heavy atom. The lowest BCUT2D eigenvalue weighted by Gasteiger charge is -2.36. The summed E-state index contributed by atoms with van der Waals surface area (Å²) in [6, 6.07) is 4.04. The lowest BCUT2D eigenvalue weighted by Crippen LogP contribution is -2.54. The number of nitrogens with zero attached hydrogens (tertiary/aromatic N) is 3. The zero-order chi connectivity index (χ0) is 18.8. The maximum absolute atomic E-state index is 11.9. The van der Waals surface area contributed by atoms with E-state index in [4.69, 9.17) is 9.41 Å². The first-order chi connectivity index (χ1) is 12.6. The SMILES string of the molecule is C=CCNC(=NCCc1ccco1)N1CCN(CC(=O)NC(C)C)CC1.I. The van der Waals surface area contributed by atoms with Gasteiger partial charge in [0, 0.05) is 51.7 Å². The highest BCUT2D eigenvalue weighted by molar-refractivity contribution is 14.0. The second-order valence-electron chi connectivity index (χ2n) is 6.69. The third-order valence-electron chi connectivity index (χ3n) is 4.09. The second-order valence-corrected chi connectivity index (χ2v) is 6.69. The van der Waals surface area contributed by atoms with Gasteiger partial charge < -0.3 is 20.0 Å². The van der Waals surface area contributed by atoms with Crippen LogP contribution in [0.3, 0.4) is 0 Å². The Bertz CT molecular complexity index is 581. The van der Waals surface area contributed by atoms with E-state index in [1.807, 2.05) is 32.1 Å². The van der Waals surface area contributed by atoms with Crippen molar-refractivity contribution >= 4 is 35.8 Å². The van der Waals surface area contributed by atoms with Crippen LogP contribution in [0.15, 0.2) is 40.5 Å². The van der Waals surface area contributed by atoms with Crippen LogP contribution in [0, 0.1) is 0 Å². The number of halogens is 1. The molecule has 7 nitrogen and oxygen atoms in total. The van der Waals surface area contributed by atoms with Crippen molar-refractivity contribution in [1.29, 1.82) is 0 Å². The molecule has 2 rings (SSSR count). The molecule has 1 aromatic heterocycles. The van der Waals surface area contributed by atoms with E-state index in [-0.39, 0.29) is 35.9 Å². The number of amides is 1. The molecule has 1 amide bonds. The summed E-state index contributed by atoms with van der Waals surface area (Å²) in [5.41, 5.74) is 0. The predicted octanol–water partition coefficient (Wildman–Crippen LogP) is 1.71. The summed E-state index contributed by atoms with van der Waals surface area (Å²) in [4.78, 5) is 21.0. The minimum absolute atomic E-state index is 0. The smallest absolute Gasteiger partial charge is 0.234 e. The summed E-state index contributed by atoms with van der Waals surface area (Å²) in [6.45, 7) is 12.9. The Morgan fingerprint density at radius 3 is 2.70 bits per heavy atom. The molecule has 0 radical (unpaired) electrons. The molecule has 152 valence electrons. The molecule has 0 spiro atoms. The first-order valence-corrected chi connectivity index (χ1v) is 9.26. The van der Waals surface area contributed by atoms with Gasteiger partial charge in [-0.25, -0.2) is 0 Å². The Kier molecular flexibility index (Phi) is 11.1. The summed E-state index contributed by atoms with van der Waals surface area (Å²) in [7, 11) is 0. The van der Waals surface area contributed by atoms with Gasteiger partial charge in [0.25, 0.3) is 0 Å². The standard InChI is InChI=1S/C19H31N5O2.HI/c1-4-8-20-19(21-9-7-17-6-5-14-26-17)24-12-10-23(11-13-24)15-18(25)22-16(2)3;/h4-6,14,16H,1,7-13,15H2,2-3H3,(H,20,21)(H,22,25);1H. The van der Waals surface area contributed by atoms with Crippen molar-refractivity contribution < 1.29 is 9.21 Å². The van der Waals surface area contributed by atoms with Crippen molar-refractivity contribution in [1.82, 2.24) is 20.4 Å². The van der Waals surface area contributed by atoms with E-state index < -0.39 is 0 Å². The van der Waals surface area contributed by atoms with Crippen LogP contribution in [0.4, 0.5) is 0 Å². The maximum atomic E-state index is 11.9. The number of furan rings is 1. The molecule has 2 heterocycles. The fraction of sp³-hybridized carbons (Fsp3) is 0.579. The van der Waals surface area contributed by atoms with Gasteiger partial charge in [-0.05, 0) is 26.0 Å². The normalized spacial score (nSPS) is 15.4. The minimum Gasteiger partial charge on any atom is -0.469 e. The van der Waals surface area contributed by atoms with Crippen molar-refractivity contribution in [2.75, 3.05) is 45.8 Å². The monoisotopic (exact) mass is 489 g/mol. The number of hydrogen-bond acceptors (Lipinski definition) is 4. The maximum Gasteiger partial charge on any atom is 0.234 e. The summed E-state index contributed by atoms with van der Waals surface area (Å²) < 4.78 is 5.36. The van der Waals surface area contributed by atoms with Crippen molar-refractivity contribution in [3.05, 3.63) is 36.8 Å². The lowest BCUT2D eigenvalue weighted by molar-refractivity contribution is -0.123. The summed E-state index contributed by atoms with van der Waals surface area (Å²) >= 11 is 0. The minimum atomic E-state index is 0. The quantitative estimate of drug-likeness (QED) is 0.252. The van der Waals surface area contributed by atoms with Crippen LogP contribution in [0.25, 0.3) is 0 Å². The van der Waals surface area contributed by atoms with Crippen molar-refractivity contribution in [3.8, 4) is 0 Å². The van der Waals surface area contributed by atoms with Crippen molar-refractivity contribution in [2.45, 2.75) is 26.3 Å². The average molecular weight is 489 g/mol. The van der Waals surface area contributed by atoms with E-state index in [1.54, 1.807) is 6.26 Å². The fourth-order valence-corrected chi connectivity index (χ4v) is 2.85. The molecule has 1 aliphatic heterocycles. The zero-order valence-corrected chi connectivity index (χ0v) is 18.6. The first-order valence-electron chi connectivity index (χ1n) is 9.26. The summed E-state index contributed by atoms with van der Waals surface area (Å²) in [6.07, 6.45) is 4.29. The third-order valence-corrected chi connectivity index (χ3v) is 4.09. The molecule has 1 saturated heterocycles. The van der Waals surface area contributed by atoms with E-state index in [9.17, 15) is 4.79 Å². The Morgan fingerprint density at radius 1 is 1.37 bits per heavy atom. The summed E-state index contributed by atoms with van der Waals surface area (Å²) in [5, 5.41) is 6.27.